The standard InChI is InChI=1S/C24H17Cl3N2O3S/c1-31-20-10-15(9-19(27)22(20)32-13-14-5-7-16(25)8-6-14)11-21-23(30)29-24(33-21)28-18-4-2-3-17(26)12-18/h2-12H,13H2,1H3,(H,28,29,30)/b21-11-. The van der Waals surface area contributed by atoms with Crippen LogP contribution in [-0.2, 0) is 11.4 Å². The molecule has 168 valence electrons. The zero-order chi connectivity index (χ0) is 23.4. The van der Waals surface area contributed by atoms with Gasteiger partial charge in [0.1, 0.15) is 6.61 Å². The Bertz CT molecular complexity index is 1260. The Kier molecular flexibility index (Phi) is 7.50. The molecule has 1 aliphatic heterocycles. The SMILES string of the molecule is COc1cc(/C=C2\SC(=Nc3cccc(Cl)c3)NC2=O)cc(Cl)c1OCc1ccc(Cl)cc1. The van der Waals surface area contributed by atoms with Gasteiger partial charge >= 0.3 is 0 Å². The first-order valence-corrected chi connectivity index (χ1v) is 11.7. The minimum Gasteiger partial charge on any atom is -0.493 e. The van der Waals surface area contributed by atoms with Gasteiger partial charge in [-0.05, 0) is 71.4 Å². The van der Waals surface area contributed by atoms with Crippen LogP contribution in [-0.4, -0.2) is 18.2 Å². The number of amidine groups is 1. The second-order valence-electron chi connectivity index (χ2n) is 6.91. The maximum Gasteiger partial charge on any atom is 0.264 e. The number of thioether (sulfide) groups is 1. The largest absolute Gasteiger partial charge is 0.493 e. The molecule has 0 saturated carbocycles. The van der Waals surface area contributed by atoms with Gasteiger partial charge in [-0.15, -0.1) is 0 Å². The third kappa shape index (κ3) is 6.03. The predicted molar refractivity (Wildman–Crippen MR) is 136 cm³/mol. The normalized spacial score (nSPS) is 15.7. The van der Waals surface area contributed by atoms with E-state index in [1.54, 1.807) is 54.6 Å². The summed E-state index contributed by atoms with van der Waals surface area (Å²) in [5.41, 5.74) is 2.28. The Labute approximate surface area is 210 Å². The smallest absolute Gasteiger partial charge is 0.264 e. The van der Waals surface area contributed by atoms with Gasteiger partial charge in [-0.2, -0.15) is 0 Å². The molecule has 5 nitrogen and oxygen atoms in total. The Balaban J connectivity index is 1.53. The summed E-state index contributed by atoms with van der Waals surface area (Å²) < 4.78 is 11.4. The van der Waals surface area contributed by atoms with Crippen LogP contribution in [0.1, 0.15) is 11.1 Å². The molecule has 1 heterocycles. The number of nitrogens with zero attached hydrogens (tertiary/aromatic N) is 1. The third-order valence-electron chi connectivity index (χ3n) is 4.54. The van der Waals surface area contributed by atoms with Crippen molar-refractivity contribution < 1.29 is 14.3 Å². The van der Waals surface area contributed by atoms with E-state index >= 15 is 0 Å². The molecule has 1 aliphatic rings. The van der Waals surface area contributed by atoms with E-state index in [1.807, 2.05) is 12.1 Å². The minimum absolute atomic E-state index is 0.251. The van der Waals surface area contributed by atoms with Crippen LogP contribution in [0.5, 0.6) is 11.5 Å². The molecule has 33 heavy (non-hydrogen) atoms. The van der Waals surface area contributed by atoms with Gasteiger partial charge in [0.2, 0.25) is 0 Å². The van der Waals surface area contributed by atoms with Gasteiger partial charge in [-0.3, -0.25) is 4.79 Å². The van der Waals surface area contributed by atoms with Crippen molar-refractivity contribution in [2.45, 2.75) is 6.61 Å². The fraction of sp³-hybridized carbons (Fsp3) is 0.0833. The second-order valence-corrected chi connectivity index (χ2v) is 9.22. The number of ether oxygens (including phenoxy) is 2. The van der Waals surface area contributed by atoms with E-state index in [9.17, 15) is 4.79 Å². The van der Waals surface area contributed by atoms with E-state index in [2.05, 4.69) is 10.3 Å². The summed E-state index contributed by atoms with van der Waals surface area (Å²) in [6.45, 7) is 0.301. The number of amides is 1. The summed E-state index contributed by atoms with van der Waals surface area (Å²) in [6, 6.07) is 17.9. The van der Waals surface area contributed by atoms with Crippen molar-refractivity contribution in [1.82, 2.24) is 5.32 Å². The first kappa shape index (κ1) is 23.5. The summed E-state index contributed by atoms with van der Waals surface area (Å²) in [6.07, 6.45) is 1.72. The molecule has 1 saturated heterocycles. The Morgan fingerprint density at radius 2 is 1.82 bits per heavy atom. The van der Waals surface area contributed by atoms with Crippen LogP contribution < -0.4 is 14.8 Å². The average Bonchev–Trinajstić information content (AvgIpc) is 3.12. The number of hydrogen-bond donors (Lipinski definition) is 1. The van der Waals surface area contributed by atoms with E-state index in [0.29, 0.717) is 54.5 Å². The highest BCUT2D eigenvalue weighted by atomic mass is 35.5. The van der Waals surface area contributed by atoms with Crippen LogP contribution in [0, 0.1) is 0 Å². The molecule has 0 radical (unpaired) electrons. The monoisotopic (exact) mass is 518 g/mol. The molecule has 0 spiro atoms. The summed E-state index contributed by atoms with van der Waals surface area (Å²) in [4.78, 5) is 17.3. The lowest BCUT2D eigenvalue weighted by atomic mass is 10.1. The lowest BCUT2D eigenvalue weighted by Gasteiger charge is -2.13. The van der Waals surface area contributed by atoms with Gasteiger partial charge in [-0.25, -0.2) is 4.99 Å². The quantitative estimate of drug-likeness (QED) is 0.352. The van der Waals surface area contributed by atoms with Crippen LogP contribution in [0.4, 0.5) is 5.69 Å². The fourth-order valence-electron chi connectivity index (χ4n) is 2.99. The van der Waals surface area contributed by atoms with E-state index in [-0.39, 0.29) is 5.91 Å². The number of methoxy groups -OCH3 is 1. The van der Waals surface area contributed by atoms with Gasteiger partial charge in [0, 0.05) is 10.0 Å². The van der Waals surface area contributed by atoms with Crippen LogP contribution in [0.2, 0.25) is 15.1 Å². The first-order valence-electron chi connectivity index (χ1n) is 9.71. The van der Waals surface area contributed by atoms with Crippen LogP contribution in [0.15, 0.2) is 70.6 Å². The number of hydrogen-bond acceptors (Lipinski definition) is 5. The van der Waals surface area contributed by atoms with Crippen molar-refractivity contribution in [2.24, 2.45) is 4.99 Å². The molecule has 9 heteroatoms. The number of carbonyl (C=O) groups is 1. The molecule has 0 aliphatic carbocycles. The molecule has 4 rings (SSSR count). The maximum absolute atomic E-state index is 12.4. The zero-order valence-electron chi connectivity index (χ0n) is 17.3. The Hall–Kier alpha value is -2.64. The van der Waals surface area contributed by atoms with Crippen LogP contribution in [0.25, 0.3) is 6.08 Å². The summed E-state index contributed by atoms with van der Waals surface area (Å²) >= 11 is 19.6. The van der Waals surface area contributed by atoms with Crippen LogP contribution >= 0.6 is 46.6 Å². The summed E-state index contributed by atoms with van der Waals surface area (Å²) in [5, 5.41) is 4.81. The molecule has 0 bridgehead atoms. The fourth-order valence-corrected chi connectivity index (χ4v) is 4.42. The van der Waals surface area contributed by atoms with Gasteiger partial charge < -0.3 is 14.8 Å². The van der Waals surface area contributed by atoms with Crippen LogP contribution in [0.3, 0.4) is 0 Å². The van der Waals surface area contributed by atoms with Crippen molar-refractivity contribution in [3.8, 4) is 11.5 Å². The minimum atomic E-state index is -0.251. The van der Waals surface area contributed by atoms with Crippen molar-refractivity contribution in [3.63, 3.8) is 0 Å². The molecule has 0 aromatic heterocycles. The van der Waals surface area contributed by atoms with Gasteiger partial charge in [0.05, 0.1) is 22.7 Å². The second kappa shape index (κ2) is 10.5. The third-order valence-corrected chi connectivity index (χ3v) is 6.21. The number of rotatable bonds is 6. The molecule has 1 fully saturated rings. The lowest BCUT2D eigenvalue weighted by Crippen LogP contribution is -2.19. The van der Waals surface area contributed by atoms with E-state index in [4.69, 9.17) is 44.3 Å². The topological polar surface area (TPSA) is 59.9 Å². The number of carbonyl (C=O) groups excluding carboxylic acids is 1. The van der Waals surface area contributed by atoms with Gasteiger partial charge in [-0.1, -0.05) is 53.0 Å². The lowest BCUT2D eigenvalue weighted by molar-refractivity contribution is -0.115. The number of nitrogens with one attached hydrogen (secondary N) is 1. The highest BCUT2D eigenvalue weighted by molar-refractivity contribution is 8.18. The number of halogens is 3. The molecular formula is C24H17Cl3N2O3S. The number of benzene rings is 3. The molecule has 1 N–H and O–H groups in total. The van der Waals surface area contributed by atoms with E-state index in [0.717, 1.165) is 5.56 Å². The van der Waals surface area contributed by atoms with Crippen molar-refractivity contribution in [3.05, 3.63) is 91.8 Å². The average molecular weight is 520 g/mol. The predicted octanol–water partition coefficient (Wildman–Crippen LogP) is 7.13. The summed E-state index contributed by atoms with van der Waals surface area (Å²) in [5.74, 6) is 0.626. The van der Waals surface area contributed by atoms with Gasteiger partial charge in [0.25, 0.3) is 5.91 Å². The van der Waals surface area contributed by atoms with E-state index in [1.165, 1.54) is 18.9 Å². The van der Waals surface area contributed by atoms with Crippen molar-refractivity contribution >= 4 is 69.4 Å². The first-order chi connectivity index (χ1) is 15.9. The van der Waals surface area contributed by atoms with Crippen molar-refractivity contribution in [2.75, 3.05) is 7.11 Å². The highest BCUT2D eigenvalue weighted by Crippen LogP contribution is 2.38. The molecule has 0 atom stereocenters. The highest BCUT2D eigenvalue weighted by Gasteiger charge is 2.24. The molecular weight excluding hydrogens is 503 g/mol. The molecule has 3 aromatic carbocycles. The number of aliphatic imine (C=N–C) groups is 1. The molecule has 3 aromatic rings. The molecule has 1 amide bonds. The Morgan fingerprint density at radius 3 is 2.55 bits per heavy atom. The zero-order valence-corrected chi connectivity index (χ0v) is 20.4. The molecule has 0 unspecified atom stereocenters. The van der Waals surface area contributed by atoms with Crippen molar-refractivity contribution in [1.29, 1.82) is 0 Å². The Morgan fingerprint density at radius 1 is 1.03 bits per heavy atom. The summed E-state index contributed by atoms with van der Waals surface area (Å²) in [7, 11) is 1.53. The van der Waals surface area contributed by atoms with Gasteiger partial charge in [0.15, 0.2) is 16.7 Å². The maximum atomic E-state index is 12.4. The van der Waals surface area contributed by atoms with E-state index < -0.39 is 0 Å².